The largest absolute Gasteiger partial charge is 0.390 e. The molecule has 0 radical (unpaired) electrons. The van der Waals surface area contributed by atoms with Gasteiger partial charge in [0.05, 0.1) is 18.2 Å². The zero-order valence-electron chi connectivity index (χ0n) is 7.84. The molecule has 0 spiro atoms. The number of nitriles is 1. The topological polar surface area (TPSA) is 70.0 Å². The van der Waals surface area contributed by atoms with Crippen molar-refractivity contribution in [1.82, 2.24) is 5.16 Å². The lowest BCUT2D eigenvalue weighted by atomic mass is 10.1. The molecule has 4 nitrogen and oxygen atoms in total. The van der Waals surface area contributed by atoms with E-state index in [2.05, 4.69) is 5.16 Å². The van der Waals surface area contributed by atoms with E-state index in [9.17, 15) is 0 Å². The highest BCUT2D eigenvalue weighted by molar-refractivity contribution is 5.59. The van der Waals surface area contributed by atoms with Gasteiger partial charge in [-0.2, -0.15) is 5.26 Å². The minimum Gasteiger partial charge on any atom is -0.390 e. The monoisotopic (exact) mass is 200 g/mol. The third kappa shape index (κ3) is 1.87. The Bertz CT molecular complexity index is 511. The van der Waals surface area contributed by atoms with Crippen molar-refractivity contribution in [3.8, 4) is 17.4 Å². The van der Waals surface area contributed by atoms with Gasteiger partial charge < -0.3 is 9.63 Å². The van der Waals surface area contributed by atoms with Gasteiger partial charge in [0, 0.05) is 11.6 Å². The van der Waals surface area contributed by atoms with Crippen LogP contribution in [0.1, 0.15) is 11.3 Å². The van der Waals surface area contributed by atoms with Gasteiger partial charge in [0.1, 0.15) is 5.69 Å². The summed E-state index contributed by atoms with van der Waals surface area (Å²) in [6, 6.07) is 10.7. The number of hydrogen-bond donors (Lipinski definition) is 1. The van der Waals surface area contributed by atoms with Crippen LogP contribution in [0.15, 0.2) is 34.9 Å². The lowest BCUT2D eigenvalue weighted by Crippen LogP contribution is -1.79. The van der Waals surface area contributed by atoms with Crippen LogP contribution in [-0.4, -0.2) is 10.3 Å². The van der Waals surface area contributed by atoms with E-state index >= 15 is 0 Å². The Morgan fingerprint density at radius 2 is 2.27 bits per heavy atom. The molecule has 1 heterocycles. The second-order valence-corrected chi connectivity index (χ2v) is 3.03. The van der Waals surface area contributed by atoms with Gasteiger partial charge in [-0.1, -0.05) is 17.3 Å². The fraction of sp³-hybridized carbons (Fsp3) is 0.0909. The summed E-state index contributed by atoms with van der Waals surface area (Å²) >= 11 is 0. The highest BCUT2D eigenvalue weighted by Crippen LogP contribution is 2.21. The van der Waals surface area contributed by atoms with Crippen LogP contribution in [0.3, 0.4) is 0 Å². The molecule has 1 aromatic carbocycles. The molecule has 15 heavy (non-hydrogen) atoms. The van der Waals surface area contributed by atoms with E-state index in [1.165, 1.54) is 0 Å². The molecular formula is C11H8N2O2. The van der Waals surface area contributed by atoms with E-state index in [0.29, 0.717) is 17.0 Å². The molecule has 0 amide bonds. The van der Waals surface area contributed by atoms with Gasteiger partial charge in [-0.3, -0.25) is 0 Å². The summed E-state index contributed by atoms with van der Waals surface area (Å²) in [7, 11) is 0. The average Bonchev–Trinajstić information content (AvgIpc) is 2.78. The predicted octanol–water partition coefficient (Wildman–Crippen LogP) is 1.71. The van der Waals surface area contributed by atoms with Crippen LogP contribution in [0, 0.1) is 11.3 Å². The first-order valence-electron chi connectivity index (χ1n) is 4.40. The summed E-state index contributed by atoms with van der Waals surface area (Å²) in [4.78, 5) is 0. The predicted molar refractivity (Wildman–Crippen MR) is 52.6 cm³/mol. The van der Waals surface area contributed by atoms with Gasteiger partial charge in [0.2, 0.25) is 0 Å². The molecule has 0 bridgehead atoms. The van der Waals surface area contributed by atoms with Crippen molar-refractivity contribution >= 4 is 0 Å². The Morgan fingerprint density at radius 1 is 1.40 bits per heavy atom. The summed E-state index contributed by atoms with van der Waals surface area (Å²) in [6.07, 6.45) is 0. The number of aromatic nitrogens is 1. The summed E-state index contributed by atoms with van der Waals surface area (Å²) in [5, 5.41) is 21.2. The summed E-state index contributed by atoms with van der Waals surface area (Å²) < 4.78 is 5.02. The van der Waals surface area contributed by atoms with Crippen molar-refractivity contribution < 1.29 is 9.63 Å². The molecule has 1 aromatic heterocycles. The highest BCUT2D eigenvalue weighted by Gasteiger charge is 2.06. The number of hydrogen-bond acceptors (Lipinski definition) is 4. The molecule has 0 unspecified atom stereocenters. The quantitative estimate of drug-likeness (QED) is 0.801. The van der Waals surface area contributed by atoms with Crippen LogP contribution in [0.4, 0.5) is 0 Å². The molecule has 0 saturated heterocycles. The number of benzene rings is 1. The Hall–Kier alpha value is -2.12. The van der Waals surface area contributed by atoms with Gasteiger partial charge in [-0.15, -0.1) is 0 Å². The van der Waals surface area contributed by atoms with E-state index in [1.807, 2.05) is 12.1 Å². The molecule has 0 aliphatic carbocycles. The first-order valence-corrected chi connectivity index (χ1v) is 4.40. The molecule has 0 aliphatic heterocycles. The Labute approximate surface area is 86.4 Å². The Morgan fingerprint density at radius 3 is 2.93 bits per heavy atom. The third-order valence-corrected chi connectivity index (χ3v) is 2.00. The van der Waals surface area contributed by atoms with E-state index in [1.54, 1.807) is 24.3 Å². The smallest absolute Gasteiger partial charge is 0.167 e. The van der Waals surface area contributed by atoms with E-state index in [-0.39, 0.29) is 6.61 Å². The summed E-state index contributed by atoms with van der Waals surface area (Å²) in [6.45, 7) is -0.151. The molecule has 1 N–H and O–H groups in total. The van der Waals surface area contributed by atoms with Gasteiger partial charge in [0.25, 0.3) is 0 Å². The van der Waals surface area contributed by atoms with Crippen molar-refractivity contribution in [2.45, 2.75) is 6.61 Å². The van der Waals surface area contributed by atoms with Crippen molar-refractivity contribution in [3.63, 3.8) is 0 Å². The number of rotatable bonds is 2. The maximum Gasteiger partial charge on any atom is 0.167 e. The minimum atomic E-state index is -0.151. The number of aliphatic hydroxyl groups excluding tert-OH is 1. The molecule has 74 valence electrons. The fourth-order valence-electron chi connectivity index (χ4n) is 1.26. The number of nitrogens with zero attached hydrogens (tertiary/aromatic N) is 2. The van der Waals surface area contributed by atoms with Crippen LogP contribution >= 0.6 is 0 Å². The lowest BCUT2D eigenvalue weighted by molar-refractivity contribution is 0.267. The second-order valence-electron chi connectivity index (χ2n) is 3.03. The Kier molecular flexibility index (Phi) is 2.48. The van der Waals surface area contributed by atoms with E-state index in [4.69, 9.17) is 14.9 Å². The first kappa shape index (κ1) is 9.44. The van der Waals surface area contributed by atoms with Gasteiger partial charge in [0.15, 0.2) is 5.76 Å². The van der Waals surface area contributed by atoms with E-state index < -0.39 is 0 Å². The highest BCUT2D eigenvalue weighted by atomic mass is 16.5. The molecule has 0 fully saturated rings. The first-order chi connectivity index (χ1) is 7.33. The molecular weight excluding hydrogens is 192 g/mol. The summed E-state index contributed by atoms with van der Waals surface area (Å²) in [5.41, 5.74) is 1.82. The van der Waals surface area contributed by atoms with Crippen molar-refractivity contribution in [2.24, 2.45) is 0 Å². The van der Waals surface area contributed by atoms with Crippen LogP contribution in [0.25, 0.3) is 11.3 Å². The van der Waals surface area contributed by atoms with Crippen LogP contribution < -0.4 is 0 Å². The molecule has 2 aromatic rings. The van der Waals surface area contributed by atoms with Gasteiger partial charge in [-0.05, 0) is 12.1 Å². The fourth-order valence-corrected chi connectivity index (χ4v) is 1.26. The zero-order valence-corrected chi connectivity index (χ0v) is 7.84. The normalized spacial score (nSPS) is 9.87. The van der Waals surface area contributed by atoms with Crippen molar-refractivity contribution in [1.29, 1.82) is 5.26 Å². The zero-order chi connectivity index (χ0) is 10.7. The Balaban J connectivity index is 2.41. The standard InChI is InChI=1S/C11H8N2O2/c12-6-8-2-1-3-9(4-8)11-5-10(7-14)13-15-11/h1-5,14H,7H2. The lowest BCUT2D eigenvalue weighted by Gasteiger charge is -1.94. The third-order valence-electron chi connectivity index (χ3n) is 2.00. The van der Waals surface area contributed by atoms with Gasteiger partial charge in [-0.25, -0.2) is 0 Å². The number of aliphatic hydroxyl groups is 1. The average molecular weight is 200 g/mol. The van der Waals surface area contributed by atoms with Crippen LogP contribution in [-0.2, 0) is 6.61 Å². The molecule has 0 aliphatic rings. The maximum atomic E-state index is 8.82. The minimum absolute atomic E-state index is 0.151. The summed E-state index contributed by atoms with van der Waals surface area (Å²) in [5.74, 6) is 0.552. The SMILES string of the molecule is N#Cc1cccc(-c2cc(CO)no2)c1. The molecule has 4 heteroatoms. The second kappa shape index (κ2) is 3.95. The van der Waals surface area contributed by atoms with Crippen molar-refractivity contribution in [3.05, 3.63) is 41.6 Å². The molecule has 0 atom stereocenters. The molecule has 2 rings (SSSR count). The van der Waals surface area contributed by atoms with Crippen molar-refractivity contribution in [2.75, 3.05) is 0 Å². The van der Waals surface area contributed by atoms with Crippen LogP contribution in [0.2, 0.25) is 0 Å². The molecule has 0 saturated carbocycles. The maximum absolute atomic E-state index is 8.82. The van der Waals surface area contributed by atoms with E-state index in [0.717, 1.165) is 5.56 Å². The van der Waals surface area contributed by atoms with Gasteiger partial charge >= 0.3 is 0 Å². The van der Waals surface area contributed by atoms with Crippen LogP contribution in [0.5, 0.6) is 0 Å².